The highest BCUT2D eigenvalue weighted by Crippen LogP contribution is 2.35. The summed E-state index contributed by atoms with van der Waals surface area (Å²) in [5.41, 5.74) is 1.45. The normalized spacial score (nSPS) is 19.8. The average molecular weight is 418 g/mol. The molecular formula is C22H28ClN3O3. The van der Waals surface area contributed by atoms with Gasteiger partial charge in [-0.1, -0.05) is 11.6 Å². The predicted molar refractivity (Wildman–Crippen MR) is 113 cm³/mol. The highest BCUT2D eigenvalue weighted by atomic mass is 35.5. The van der Waals surface area contributed by atoms with Crippen LogP contribution in [0.25, 0.3) is 11.4 Å². The van der Waals surface area contributed by atoms with Gasteiger partial charge in [-0.25, -0.2) is 9.97 Å². The molecule has 6 nitrogen and oxygen atoms in total. The Morgan fingerprint density at radius 1 is 1.24 bits per heavy atom. The lowest BCUT2D eigenvalue weighted by molar-refractivity contribution is -0.160. The second kappa shape index (κ2) is 10.1. The Hall–Kier alpha value is -2.02. The Morgan fingerprint density at radius 3 is 2.62 bits per heavy atom. The number of rotatable bonds is 8. The summed E-state index contributed by atoms with van der Waals surface area (Å²) >= 11 is 5.94. The van der Waals surface area contributed by atoms with Crippen LogP contribution in [0.3, 0.4) is 0 Å². The summed E-state index contributed by atoms with van der Waals surface area (Å²) < 4.78 is 10.7. The molecule has 0 amide bonds. The van der Waals surface area contributed by atoms with Crippen molar-refractivity contribution in [2.45, 2.75) is 32.7 Å². The molecule has 0 bridgehead atoms. The zero-order chi connectivity index (χ0) is 20.7. The first-order valence-electron chi connectivity index (χ1n) is 10.0. The number of esters is 1. The van der Waals surface area contributed by atoms with Crippen molar-refractivity contribution in [1.82, 2.24) is 14.9 Å². The molecule has 1 saturated heterocycles. The molecule has 1 aromatic carbocycles. The monoisotopic (exact) mass is 417 g/mol. The smallest absolute Gasteiger partial charge is 0.313 e. The number of carbonyl (C=O) groups excluding carboxylic acids is 1. The number of likely N-dealkylation sites (tertiary alicyclic amines) is 1. The van der Waals surface area contributed by atoms with E-state index in [1.807, 2.05) is 43.6 Å². The summed E-state index contributed by atoms with van der Waals surface area (Å²) in [4.78, 5) is 24.0. The van der Waals surface area contributed by atoms with Crippen LogP contribution in [0.1, 0.15) is 31.7 Å². The molecule has 7 heteroatoms. The molecule has 3 rings (SSSR count). The van der Waals surface area contributed by atoms with Gasteiger partial charge in [-0.3, -0.25) is 9.69 Å². The molecule has 2 aromatic rings. The van der Waals surface area contributed by atoms with Crippen LogP contribution in [0, 0.1) is 5.41 Å². The van der Waals surface area contributed by atoms with Crippen LogP contribution in [0.4, 0.5) is 0 Å². The van der Waals surface area contributed by atoms with Crippen molar-refractivity contribution >= 4 is 17.6 Å². The Labute approximate surface area is 177 Å². The first-order chi connectivity index (χ1) is 14.1. The topological polar surface area (TPSA) is 64.6 Å². The van der Waals surface area contributed by atoms with Gasteiger partial charge in [0.25, 0.3) is 0 Å². The molecule has 0 saturated carbocycles. The van der Waals surface area contributed by atoms with E-state index < -0.39 is 5.41 Å². The van der Waals surface area contributed by atoms with Crippen LogP contribution < -0.4 is 0 Å². The Balaban J connectivity index is 1.68. The maximum Gasteiger partial charge on any atom is 0.313 e. The lowest BCUT2D eigenvalue weighted by atomic mass is 9.77. The number of piperidine rings is 1. The molecule has 1 aromatic heterocycles. The molecule has 29 heavy (non-hydrogen) atoms. The summed E-state index contributed by atoms with van der Waals surface area (Å²) in [5, 5.41) is 0.689. The van der Waals surface area contributed by atoms with Crippen molar-refractivity contribution in [2.24, 2.45) is 5.41 Å². The fourth-order valence-corrected chi connectivity index (χ4v) is 3.99. The average Bonchev–Trinajstić information content (AvgIpc) is 2.74. The Bertz CT molecular complexity index is 798. The van der Waals surface area contributed by atoms with Crippen molar-refractivity contribution in [1.29, 1.82) is 0 Å². The largest absolute Gasteiger partial charge is 0.466 e. The summed E-state index contributed by atoms with van der Waals surface area (Å²) in [6.45, 7) is 5.09. The van der Waals surface area contributed by atoms with Gasteiger partial charge in [-0.2, -0.15) is 0 Å². The van der Waals surface area contributed by atoms with Gasteiger partial charge in [-0.05, 0) is 57.0 Å². The van der Waals surface area contributed by atoms with Crippen LogP contribution in [0.15, 0.2) is 36.7 Å². The Morgan fingerprint density at radius 2 is 1.97 bits per heavy atom. The quantitative estimate of drug-likeness (QED) is 0.605. The first kappa shape index (κ1) is 21.7. The fourth-order valence-electron chi connectivity index (χ4n) is 3.86. The van der Waals surface area contributed by atoms with Crippen molar-refractivity contribution in [2.75, 3.05) is 33.4 Å². The second-order valence-corrected chi connectivity index (χ2v) is 7.92. The third kappa shape index (κ3) is 5.53. The van der Waals surface area contributed by atoms with Gasteiger partial charge in [-0.15, -0.1) is 0 Å². The summed E-state index contributed by atoms with van der Waals surface area (Å²) in [7, 11) is 1.67. The van der Waals surface area contributed by atoms with E-state index >= 15 is 0 Å². The number of ether oxygens (including phenoxy) is 2. The van der Waals surface area contributed by atoms with Gasteiger partial charge in [0, 0.05) is 55.3 Å². The summed E-state index contributed by atoms with van der Waals surface area (Å²) in [6.07, 6.45) is 6.16. The minimum Gasteiger partial charge on any atom is -0.466 e. The Kier molecular flexibility index (Phi) is 7.58. The third-order valence-electron chi connectivity index (χ3n) is 5.36. The van der Waals surface area contributed by atoms with Gasteiger partial charge in [0.1, 0.15) is 0 Å². The number of hydrogen-bond acceptors (Lipinski definition) is 6. The summed E-state index contributed by atoms with van der Waals surface area (Å²) in [5.74, 6) is 0.557. The number of hydrogen-bond donors (Lipinski definition) is 0. The van der Waals surface area contributed by atoms with E-state index in [1.165, 1.54) is 0 Å². The van der Waals surface area contributed by atoms with Gasteiger partial charge < -0.3 is 9.47 Å². The molecule has 2 heterocycles. The van der Waals surface area contributed by atoms with Crippen LogP contribution in [0.5, 0.6) is 0 Å². The zero-order valence-electron chi connectivity index (χ0n) is 17.1. The predicted octanol–water partition coefficient (Wildman–Crippen LogP) is 3.98. The molecule has 0 spiro atoms. The van der Waals surface area contributed by atoms with Crippen molar-refractivity contribution in [3.05, 3.63) is 47.2 Å². The van der Waals surface area contributed by atoms with Crippen LogP contribution in [-0.4, -0.2) is 54.3 Å². The zero-order valence-corrected chi connectivity index (χ0v) is 17.8. The van der Waals surface area contributed by atoms with E-state index in [4.69, 9.17) is 21.1 Å². The third-order valence-corrected chi connectivity index (χ3v) is 5.62. The summed E-state index contributed by atoms with van der Waals surface area (Å²) in [6, 6.07) is 7.48. The molecule has 1 aliphatic heterocycles. The highest BCUT2D eigenvalue weighted by molar-refractivity contribution is 6.30. The molecule has 1 unspecified atom stereocenters. The molecule has 1 atom stereocenters. The minimum atomic E-state index is -0.506. The standard InChI is InChI=1S/C22H28ClN3O3/c1-3-29-21(27)22(10-12-28-2)9-4-11-26(16-22)15-17-13-24-20(25-14-17)18-5-7-19(23)8-6-18/h5-8,13-14H,3-4,9-12,15-16H2,1-2H3. The van der Waals surface area contributed by atoms with Gasteiger partial charge in [0.2, 0.25) is 0 Å². The van der Waals surface area contributed by atoms with Crippen LogP contribution in [-0.2, 0) is 20.8 Å². The number of nitrogens with zero attached hydrogens (tertiary/aromatic N) is 3. The van der Waals surface area contributed by atoms with Crippen molar-refractivity contribution < 1.29 is 14.3 Å². The maximum atomic E-state index is 12.7. The number of carbonyl (C=O) groups is 1. The number of methoxy groups -OCH3 is 1. The lowest BCUT2D eigenvalue weighted by Gasteiger charge is -2.41. The molecule has 1 fully saturated rings. The van der Waals surface area contributed by atoms with Gasteiger partial charge in [0.05, 0.1) is 12.0 Å². The van der Waals surface area contributed by atoms with E-state index in [1.54, 1.807) is 7.11 Å². The van der Waals surface area contributed by atoms with Gasteiger partial charge in [0.15, 0.2) is 5.82 Å². The fraction of sp³-hybridized carbons (Fsp3) is 0.500. The highest BCUT2D eigenvalue weighted by Gasteiger charge is 2.43. The molecule has 1 aliphatic rings. The molecule has 0 N–H and O–H groups in total. The lowest BCUT2D eigenvalue weighted by Crippen LogP contribution is -2.48. The van der Waals surface area contributed by atoms with Crippen LogP contribution in [0.2, 0.25) is 5.02 Å². The van der Waals surface area contributed by atoms with Gasteiger partial charge >= 0.3 is 5.97 Å². The number of aromatic nitrogens is 2. The molecule has 156 valence electrons. The maximum absolute atomic E-state index is 12.7. The minimum absolute atomic E-state index is 0.115. The number of halogens is 1. The number of benzene rings is 1. The molecule has 0 aliphatic carbocycles. The van der Waals surface area contributed by atoms with E-state index in [0.717, 1.165) is 30.5 Å². The van der Waals surface area contributed by atoms with E-state index in [0.29, 0.717) is 43.6 Å². The van der Waals surface area contributed by atoms with Crippen molar-refractivity contribution in [3.8, 4) is 11.4 Å². The van der Waals surface area contributed by atoms with E-state index in [-0.39, 0.29) is 5.97 Å². The van der Waals surface area contributed by atoms with Crippen molar-refractivity contribution in [3.63, 3.8) is 0 Å². The van der Waals surface area contributed by atoms with E-state index in [9.17, 15) is 4.79 Å². The molecular weight excluding hydrogens is 390 g/mol. The van der Waals surface area contributed by atoms with Crippen LogP contribution >= 0.6 is 11.6 Å². The SMILES string of the molecule is CCOC(=O)C1(CCOC)CCCN(Cc2cnc(-c3ccc(Cl)cc3)nc2)C1. The molecule has 0 radical (unpaired) electrons. The van der Waals surface area contributed by atoms with E-state index in [2.05, 4.69) is 14.9 Å². The second-order valence-electron chi connectivity index (χ2n) is 7.48. The first-order valence-corrected chi connectivity index (χ1v) is 10.4.